The molecule has 0 aliphatic rings. The van der Waals surface area contributed by atoms with Gasteiger partial charge in [0.1, 0.15) is 10.4 Å². The first kappa shape index (κ1) is 10.4. The zero-order valence-corrected chi connectivity index (χ0v) is 7.95. The molecule has 0 radical (unpaired) electrons. The molecule has 5 heteroatoms. The van der Waals surface area contributed by atoms with Gasteiger partial charge in [-0.25, -0.2) is 4.98 Å². The second-order valence-corrected chi connectivity index (χ2v) is 2.60. The highest BCUT2D eigenvalue weighted by Gasteiger charge is 1.94. The van der Waals surface area contributed by atoms with E-state index in [1.807, 2.05) is 0 Å². The topological polar surface area (TPSA) is 62.8 Å². The van der Waals surface area contributed by atoms with E-state index in [1.165, 1.54) is 0 Å². The highest BCUT2D eigenvalue weighted by molar-refractivity contribution is 9.10. The van der Waals surface area contributed by atoms with Crippen LogP contribution in [0.4, 0.5) is 0 Å². The quantitative estimate of drug-likeness (QED) is 0.441. The molecule has 3 N–H and O–H groups in total. The van der Waals surface area contributed by atoms with Crippen LogP contribution in [0.25, 0.3) is 0 Å². The maximum atomic E-state index is 7.03. The van der Waals surface area contributed by atoms with Gasteiger partial charge in [0.15, 0.2) is 0 Å². The smallest absolute Gasteiger partial charge is 0.124 e. The zero-order chi connectivity index (χ0) is 7.56. The Labute approximate surface area is 79.1 Å². The van der Waals surface area contributed by atoms with Gasteiger partial charge in [0, 0.05) is 11.8 Å². The Morgan fingerprint density at radius 3 is 2.55 bits per heavy atom. The molecule has 1 heterocycles. The predicted molar refractivity (Wildman–Crippen MR) is 50.2 cm³/mol. The summed E-state index contributed by atoms with van der Waals surface area (Å²) in [6.45, 7) is 0. The standard InChI is InChI=1S/C6H6BrN3.ClH/c7-5-2-1-4(3-10-5)6(8)9;/h1-3H,(H3,8,9);1H. The van der Waals surface area contributed by atoms with Crippen LogP contribution in [0, 0.1) is 5.41 Å². The second-order valence-electron chi connectivity index (χ2n) is 1.78. The number of nitrogens with zero attached hydrogens (tertiary/aromatic N) is 1. The van der Waals surface area contributed by atoms with Gasteiger partial charge in [0.05, 0.1) is 0 Å². The van der Waals surface area contributed by atoms with E-state index in [1.54, 1.807) is 18.3 Å². The van der Waals surface area contributed by atoms with Crippen molar-refractivity contribution in [2.45, 2.75) is 0 Å². The number of hydrogen-bond donors (Lipinski definition) is 2. The molecule has 0 saturated carbocycles. The Bertz CT molecular complexity index is 247. The molecular formula is C6H7BrClN3. The number of nitrogens with two attached hydrogens (primary N) is 1. The van der Waals surface area contributed by atoms with Crippen LogP contribution in [-0.4, -0.2) is 10.8 Å². The molecule has 0 aliphatic carbocycles. The predicted octanol–water partition coefficient (Wildman–Crippen LogP) is 1.55. The van der Waals surface area contributed by atoms with Gasteiger partial charge in [-0.3, -0.25) is 5.41 Å². The van der Waals surface area contributed by atoms with Crippen molar-refractivity contribution in [2.24, 2.45) is 5.73 Å². The van der Waals surface area contributed by atoms with Crippen molar-refractivity contribution in [2.75, 3.05) is 0 Å². The molecule has 0 aliphatic heterocycles. The normalized spacial score (nSPS) is 8.45. The number of halogens is 2. The van der Waals surface area contributed by atoms with Crippen molar-refractivity contribution in [3.8, 4) is 0 Å². The van der Waals surface area contributed by atoms with E-state index in [0.717, 1.165) is 4.60 Å². The van der Waals surface area contributed by atoms with Crippen LogP contribution in [0.5, 0.6) is 0 Å². The van der Waals surface area contributed by atoms with Gasteiger partial charge >= 0.3 is 0 Å². The summed E-state index contributed by atoms with van der Waals surface area (Å²) in [6.07, 6.45) is 1.55. The highest BCUT2D eigenvalue weighted by atomic mass is 79.9. The molecule has 11 heavy (non-hydrogen) atoms. The molecule has 0 amide bonds. The number of amidine groups is 1. The molecule has 0 unspecified atom stereocenters. The molecule has 0 atom stereocenters. The monoisotopic (exact) mass is 235 g/mol. The molecule has 0 saturated heterocycles. The maximum absolute atomic E-state index is 7.03. The van der Waals surface area contributed by atoms with Gasteiger partial charge in [0.25, 0.3) is 0 Å². The van der Waals surface area contributed by atoms with E-state index in [0.29, 0.717) is 5.56 Å². The van der Waals surface area contributed by atoms with Crippen LogP contribution < -0.4 is 5.73 Å². The number of nitrogens with one attached hydrogen (secondary N) is 1. The summed E-state index contributed by atoms with van der Waals surface area (Å²) in [5.41, 5.74) is 5.83. The van der Waals surface area contributed by atoms with Gasteiger partial charge in [-0.05, 0) is 28.1 Å². The summed E-state index contributed by atoms with van der Waals surface area (Å²) in [5, 5.41) is 7.03. The maximum Gasteiger partial charge on any atom is 0.124 e. The molecule has 0 bridgehead atoms. The molecule has 0 spiro atoms. The number of hydrogen-bond acceptors (Lipinski definition) is 2. The number of pyridine rings is 1. The van der Waals surface area contributed by atoms with E-state index >= 15 is 0 Å². The molecule has 60 valence electrons. The third-order valence-corrected chi connectivity index (χ3v) is 1.51. The average Bonchev–Trinajstić information content (AvgIpc) is 1.88. The van der Waals surface area contributed by atoms with E-state index < -0.39 is 0 Å². The first-order chi connectivity index (χ1) is 4.70. The average molecular weight is 236 g/mol. The Morgan fingerprint density at radius 2 is 2.18 bits per heavy atom. The van der Waals surface area contributed by atoms with Crippen LogP contribution in [-0.2, 0) is 0 Å². The van der Waals surface area contributed by atoms with E-state index in [4.69, 9.17) is 11.1 Å². The summed E-state index contributed by atoms with van der Waals surface area (Å²) in [7, 11) is 0. The summed E-state index contributed by atoms with van der Waals surface area (Å²) in [5.74, 6) is 0.0417. The second kappa shape index (κ2) is 4.31. The first-order valence-electron chi connectivity index (χ1n) is 2.66. The lowest BCUT2D eigenvalue weighted by atomic mass is 10.3. The number of aromatic nitrogens is 1. The summed E-state index contributed by atoms with van der Waals surface area (Å²) < 4.78 is 0.748. The number of rotatable bonds is 1. The lowest BCUT2D eigenvalue weighted by Gasteiger charge is -1.94. The minimum atomic E-state index is 0. The Hall–Kier alpha value is -0.610. The molecule has 1 aromatic rings. The zero-order valence-electron chi connectivity index (χ0n) is 5.54. The summed E-state index contributed by atoms with van der Waals surface area (Å²) >= 11 is 3.17. The van der Waals surface area contributed by atoms with Crippen molar-refractivity contribution in [3.05, 3.63) is 28.5 Å². The fraction of sp³-hybridized carbons (Fsp3) is 0. The molecule has 1 aromatic heterocycles. The largest absolute Gasteiger partial charge is 0.384 e. The Kier molecular flexibility index (Phi) is 4.07. The highest BCUT2D eigenvalue weighted by Crippen LogP contribution is 2.04. The van der Waals surface area contributed by atoms with Crippen molar-refractivity contribution in [1.29, 1.82) is 5.41 Å². The van der Waals surface area contributed by atoms with Crippen molar-refractivity contribution < 1.29 is 0 Å². The summed E-state index contributed by atoms with van der Waals surface area (Å²) in [4.78, 5) is 3.90. The minimum absolute atomic E-state index is 0. The van der Waals surface area contributed by atoms with Crippen LogP contribution in [0.15, 0.2) is 22.9 Å². The molecule has 1 rings (SSSR count). The first-order valence-corrected chi connectivity index (χ1v) is 3.45. The van der Waals surface area contributed by atoms with E-state index in [-0.39, 0.29) is 18.2 Å². The van der Waals surface area contributed by atoms with Crippen LogP contribution in [0.2, 0.25) is 0 Å². The SMILES string of the molecule is Cl.N=C(N)c1ccc(Br)nc1. The van der Waals surface area contributed by atoms with Crippen LogP contribution >= 0.6 is 28.3 Å². The third-order valence-electron chi connectivity index (χ3n) is 1.04. The molecule has 0 aromatic carbocycles. The Balaban J connectivity index is 0.000001000. The fourth-order valence-electron chi connectivity index (χ4n) is 0.535. The van der Waals surface area contributed by atoms with Gasteiger partial charge in [-0.1, -0.05) is 0 Å². The van der Waals surface area contributed by atoms with Gasteiger partial charge in [-0.2, -0.15) is 0 Å². The lowest BCUT2D eigenvalue weighted by molar-refractivity contribution is 1.25. The van der Waals surface area contributed by atoms with Crippen LogP contribution in [0.3, 0.4) is 0 Å². The molecule has 3 nitrogen and oxygen atoms in total. The third kappa shape index (κ3) is 2.86. The fourth-order valence-corrected chi connectivity index (χ4v) is 0.770. The van der Waals surface area contributed by atoms with Gasteiger partial charge < -0.3 is 5.73 Å². The van der Waals surface area contributed by atoms with Gasteiger partial charge in [-0.15, -0.1) is 12.4 Å². The van der Waals surface area contributed by atoms with Crippen LogP contribution in [0.1, 0.15) is 5.56 Å². The molecule has 0 fully saturated rings. The van der Waals surface area contributed by atoms with Crippen molar-refractivity contribution in [1.82, 2.24) is 4.98 Å². The van der Waals surface area contributed by atoms with Crippen molar-refractivity contribution in [3.63, 3.8) is 0 Å². The van der Waals surface area contributed by atoms with E-state index in [9.17, 15) is 0 Å². The minimum Gasteiger partial charge on any atom is -0.384 e. The summed E-state index contributed by atoms with van der Waals surface area (Å²) in [6, 6.07) is 3.48. The van der Waals surface area contributed by atoms with Crippen molar-refractivity contribution >= 4 is 34.2 Å². The Morgan fingerprint density at radius 1 is 1.55 bits per heavy atom. The lowest BCUT2D eigenvalue weighted by Crippen LogP contribution is -2.10. The van der Waals surface area contributed by atoms with E-state index in [2.05, 4.69) is 20.9 Å². The number of nitrogen functional groups attached to an aromatic ring is 1. The van der Waals surface area contributed by atoms with Gasteiger partial charge in [0.2, 0.25) is 0 Å². The molecular weight excluding hydrogens is 229 g/mol.